The SMILES string of the molecule is COCC(C)NC(N)=NCCCOc1ncc(C(F)(F)F)cc1Cl.I. The van der Waals surface area contributed by atoms with Gasteiger partial charge in [0, 0.05) is 32.3 Å². The van der Waals surface area contributed by atoms with Gasteiger partial charge in [-0.2, -0.15) is 13.2 Å². The Morgan fingerprint density at radius 2 is 2.16 bits per heavy atom. The molecule has 0 aliphatic carbocycles. The van der Waals surface area contributed by atoms with Crippen molar-refractivity contribution in [1.29, 1.82) is 0 Å². The van der Waals surface area contributed by atoms with Crippen molar-refractivity contribution in [3.05, 3.63) is 22.8 Å². The molecule has 1 aromatic rings. The molecular formula is C14H21ClF3IN4O2. The summed E-state index contributed by atoms with van der Waals surface area (Å²) < 4.78 is 47.7. The molecule has 11 heteroatoms. The monoisotopic (exact) mass is 496 g/mol. The Balaban J connectivity index is 0.00000576. The molecule has 1 heterocycles. The molecule has 0 aliphatic heterocycles. The fourth-order valence-electron chi connectivity index (χ4n) is 1.71. The van der Waals surface area contributed by atoms with Crippen LogP contribution in [0.1, 0.15) is 18.9 Å². The van der Waals surface area contributed by atoms with Gasteiger partial charge in [-0.1, -0.05) is 11.6 Å². The maximum Gasteiger partial charge on any atom is 0.417 e. The second-order valence-electron chi connectivity index (χ2n) is 4.98. The maximum atomic E-state index is 12.5. The van der Waals surface area contributed by atoms with Crippen LogP contribution in [0.3, 0.4) is 0 Å². The molecule has 25 heavy (non-hydrogen) atoms. The number of rotatable bonds is 8. The van der Waals surface area contributed by atoms with E-state index in [1.807, 2.05) is 6.92 Å². The van der Waals surface area contributed by atoms with E-state index in [9.17, 15) is 13.2 Å². The van der Waals surface area contributed by atoms with E-state index in [1.165, 1.54) is 0 Å². The third-order valence-corrected chi connectivity index (χ3v) is 3.04. The van der Waals surface area contributed by atoms with Crippen LogP contribution in [-0.4, -0.2) is 43.9 Å². The number of hydrogen-bond donors (Lipinski definition) is 2. The van der Waals surface area contributed by atoms with Gasteiger partial charge in [-0.15, -0.1) is 24.0 Å². The van der Waals surface area contributed by atoms with Crippen molar-refractivity contribution in [1.82, 2.24) is 10.3 Å². The van der Waals surface area contributed by atoms with Gasteiger partial charge in [0.2, 0.25) is 5.88 Å². The minimum Gasteiger partial charge on any atom is -0.477 e. The third kappa shape index (κ3) is 9.31. The predicted octanol–water partition coefficient (Wildman–Crippen LogP) is 3.08. The van der Waals surface area contributed by atoms with Crippen molar-refractivity contribution in [2.75, 3.05) is 26.9 Å². The van der Waals surface area contributed by atoms with E-state index in [0.717, 1.165) is 6.07 Å². The summed E-state index contributed by atoms with van der Waals surface area (Å²) in [6.07, 6.45) is -3.31. The molecule has 0 aromatic carbocycles. The van der Waals surface area contributed by atoms with Crippen molar-refractivity contribution in [2.45, 2.75) is 25.6 Å². The molecule has 0 radical (unpaired) electrons. The van der Waals surface area contributed by atoms with Crippen LogP contribution in [0.5, 0.6) is 5.88 Å². The second kappa shape index (κ2) is 11.6. The quantitative estimate of drug-likeness (QED) is 0.250. The Bertz CT molecular complexity index is 561. The summed E-state index contributed by atoms with van der Waals surface area (Å²) >= 11 is 5.73. The average molecular weight is 497 g/mol. The molecule has 0 saturated carbocycles. The summed E-state index contributed by atoms with van der Waals surface area (Å²) in [5, 5.41) is 2.75. The largest absolute Gasteiger partial charge is 0.477 e. The Kier molecular flexibility index (Phi) is 11.1. The number of aromatic nitrogens is 1. The van der Waals surface area contributed by atoms with Crippen LogP contribution >= 0.6 is 35.6 Å². The second-order valence-corrected chi connectivity index (χ2v) is 5.39. The maximum absolute atomic E-state index is 12.5. The fraction of sp³-hybridized carbons (Fsp3) is 0.571. The number of nitrogens with zero attached hydrogens (tertiary/aromatic N) is 2. The number of halogens is 5. The normalized spacial score (nSPS) is 13.1. The molecule has 0 bridgehead atoms. The molecule has 0 fully saturated rings. The summed E-state index contributed by atoms with van der Waals surface area (Å²) in [4.78, 5) is 7.67. The number of aliphatic imine (C=N–C) groups is 1. The zero-order valence-corrected chi connectivity index (χ0v) is 16.9. The Morgan fingerprint density at radius 3 is 2.72 bits per heavy atom. The average Bonchev–Trinajstić information content (AvgIpc) is 2.47. The van der Waals surface area contributed by atoms with Gasteiger partial charge >= 0.3 is 6.18 Å². The van der Waals surface area contributed by atoms with Gasteiger partial charge in [0.1, 0.15) is 5.02 Å². The minimum atomic E-state index is -4.49. The van der Waals surface area contributed by atoms with E-state index < -0.39 is 11.7 Å². The van der Waals surface area contributed by atoms with E-state index in [4.69, 9.17) is 26.8 Å². The lowest BCUT2D eigenvalue weighted by molar-refractivity contribution is -0.137. The molecule has 6 nitrogen and oxygen atoms in total. The first kappa shape index (κ1) is 24.0. The molecule has 0 amide bonds. The topological polar surface area (TPSA) is 81.8 Å². The summed E-state index contributed by atoms with van der Waals surface area (Å²) in [7, 11) is 1.59. The van der Waals surface area contributed by atoms with Crippen LogP contribution in [0, 0.1) is 0 Å². The fourth-order valence-corrected chi connectivity index (χ4v) is 1.93. The van der Waals surface area contributed by atoms with Crippen molar-refractivity contribution >= 4 is 41.5 Å². The molecule has 144 valence electrons. The Labute approximate surface area is 166 Å². The summed E-state index contributed by atoms with van der Waals surface area (Å²) in [6, 6.07) is 0.811. The highest BCUT2D eigenvalue weighted by atomic mass is 127. The molecule has 1 unspecified atom stereocenters. The summed E-state index contributed by atoms with van der Waals surface area (Å²) in [5.41, 5.74) is 4.76. The van der Waals surface area contributed by atoms with Gasteiger partial charge in [0.15, 0.2) is 5.96 Å². The number of nitrogens with one attached hydrogen (secondary N) is 1. The minimum absolute atomic E-state index is 0. The van der Waals surface area contributed by atoms with Crippen LogP contribution in [0.15, 0.2) is 17.3 Å². The first-order chi connectivity index (χ1) is 11.2. The molecule has 3 N–H and O–H groups in total. The smallest absolute Gasteiger partial charge is 0.417 e. The number of methoxy groups -OCH3 is 1. The highest BCUT2D eigenvalue weighted by Crippen LogP contribution is 2.33. The van der Waals surface area contributed by atoms with Crippen molar-refractivity contribution < 1.29 is 22.6 Å². The van der Waals surface area contributed by atoms with Crippen LogP contribution < -0.4 is 15.8 Å². The zero-order valence-electron chi connectivity index (χ0n) is 13.8. The summed E-state index contributed by atoms with van der Waals surface area (Å²) in [5.74, 6) is 0.235. The van der Waals surface area contributed by atoms with E-state index in [0.29, 0.717) is 25.8 Å². The lowest BCUT2D eigenvalue weighted by Gasteiger charge is -2.13. The lowest BCUT2D eigenvalue weighted by Crippen LogP contribution is -2.40. The molecule has 1 rings (SSSR count). The summed E-state index contributed by atoms with van der Waals surface area (Å²) in [6.45, 7) is 2.98. The van der Waals surface area contributed by atoms with Gasteiger partial charge in [-0.05, 0) is 13.0 Å². The highest BCUT2D eigenvalue weighted by Gasteiger charge is 2.31. The number of alkyl halides is 3. The molecule has 1 aromatic heterocycles. The van der Waals surface area contributed by atoms with Gasteiger partial charge in [0.25, 0.3) is 0 Å². The lowest BCUT2D eigenvalue weighted by atomic mass is 10.3. The number of hydrogen-bond acceptors (Lipinski definition) is 4. The van der Waals surface area contributed by atoms with Crippen molar-refractivity contribution in [3.8, 4) is 5.88 Å². The third-order valence-electron chi connectivity index (χ3n) is 2.77. The Hall–Kier alpha value is -1.01. The predicted molar refractivity (Wildman–Crippen MR) is 101 cm³/mol. The van der Waals surface area contributed by atoms with E-state index in [1.54, 1.807) is 7.11 Å². The van der Waals surface area contributed by atoms with Crippen molar-refractivity contribution in [2.24, 2.45) is 10.7 Å². The van der Waals surface area contributed by atoms with Crippen LogP contribution in [-0.2, 0) is 10.9 Å². The van der Waals surface area contributed by atoms with E-state index >= 15 is 0 Å². The van der Waals surface area contributed by atoms with Gasteiger partial charge < -0.3 is 20.5 Å². The van der Waals surface area contributed by atoms with Crippen LogP contribution in [0.4, 0.5) is 13.2 Å². The molecule has 0 saturated heterocycles. The first-order valence-corrected chi connectivity index (χ1v) is 7.52. The molecular weight excluding hydrogens is 476 g/mol. The first-order valence-electron chi connectivity index (χ1n) is 7.15. The van der Waals surface area contributed by atoms with Crippen LogP contribution in [0.25, 0.3) is 0 Å². The van der Waals surface area contributed by atoms with Gasteiger partial charge in [-0.25, -0.2) is 4.98 Å². The van der Waals surface area contributed by atoms with Gasteiger partial charge in [0.05, 0.1) is 18.8 Å². The molecule has 1 atom stereocenters. The zero-order chi connectivity index (χ0) is 18.2. The highest BCUT2D eigenvalue weighted by molar-refractivity contribution is 14.0. The Morgan fingerprint density at radius 1 is 1.48 bits per heavy atom. The van der Waals surface area contributed by atoms with Gasteiger partial charge in [-0.3, -0.25) is 4.99 Å². The number of pyridine rings is 1. The van der Waals surface area contributed by atoms with E-state index in [-0.39, 0.29) is 53.5 Å². The van der Waals surface area contributed by atoms with Crippen molar-refractivity contribution in [3.63, 3.8) is 0 Å². The number of guanidine groups is 1. The number of ether oxygens (including phenoxy) is 2. The number of nitrogens with two attached hydrogens (primary N) is 1. The van der Waals surface area contributed by atoms with Crippen LogP contribution in [0.2, 0.25) is 5.02 Å². The molecule has 0 spiro atoms. The molecule has 0 aliphatic rings. The van der Waals surface area contributed by atoms with E-state index in [2.05, 4.69) is 15.3 Å². The standard InChI is InChI=1S/C14H20ClF3N4O2.HI/c1-9(8-23-2)22-13(19)20-4-3-5-24-12-11(15)6-10(7-21-12)14(16,17)18;/h6-7,9H,3-5,8H2,1-2H3,(H3,19,20,22);1H.